The van der Waals surface area contributed by atoms with Gasteiger partial charge in [-0.05, 0) is 12.1 Å². The lowest BCUT2D eigenvalue weighted by molar-refractivity contribution is -0.277. The van der Waals surface area contributed by atoms with E-state index in [0.717, 1.165) is 0 Å². The first kappa shape index (κ1) is 15.8. The monoisotopic (exact) mass is 325 g/mol. The molecule has 124 valence electrons. The fraction of sp³-hybridized carbons (Fsp3) is 0.429. The van der Waals surface area contributed by atoms with E-state index in [4.69, 9.17) is 14.6 Å². The van der Waals surface area contributed by atoms with Crippen LogP contribution >= 0.6 is 0 Å². The molecule has 0 radical (unpaired) electrons. The van der Waals surface area contributed by atoms with Crippen molar-refractivity contribution in [1.29, 1.82) is 0 Å². The van der Waals surface area contributed by atoms with Gasteiger partial charge in [0.1, 0.15) is 30.2 Å². The molecule has 0 aliphatic carbocycles. The van der Waals surface area contributed by atoms with E-state index in [-0.39, 0.29) is 16.9 Å². The fourth-order valence-corrected chi connectivity index (χ4v) is 2.58. The van der Waals surface area contributed by atoms with Crippen molar-refractivity contribution >= 4 is 11.8 Å². The number of rotatable bonds is 3. The van der Waals surface area contributed by atoms with Crippen molar-refractivity contribution in [2.75, 3.05) is 6.61 Å². The Hall–Kier alpha value is -2.04. The topological polar surface area (TPSA) is 146 Å². The van der Waals surface area contributed by atoms with Crippen molar-refractivity contribution in [3.8, 4) is 5.75 Å². The van der Waals surface area contributed by atoms with E-state index in [9.17, 15) is 24.9 Å². The van der Waals surface area contributed by atoms with Crippen LogP contribution in [0.5, 0.6) is 5.75 Å². The summed E-state index contributed by atoms with van der Waals surface area (Å²) in [6.07, 6.45) is -7.28. The summed E-state index contributed by atoms with van der Waals surface area (Å²) in [4.78, 5) is 23.4. The van der Waals surface area contributed by atoms with Gasteiger partial charge in [0.2, 0.25) is 6.29 Å². The summed E-state index contributed by atoms with van der Waals surface area (Å²) in [5.41, 5.74) is 0.117. The highest BCUT2D eigenvalue weighted by atomic mass is 16.7. The highest BCUT2D eigenvalue weighted by molar-refractivity contribution is 6.22. The summed E-state index contributed by atoms with van der Waals surface area (Å²) in [5.74, 6) is -1.23. The molecule has 9 nitrogen and oxygen atoms in total. The maximum Gasteiger partial charge on any atom is 0.262 e. The van der Waals surface area contributed by atoms with Gasteiger partial charge in [-0.1, -0.05) is 6.07 Å². The molecule has 0 bridgehead atoms. The van der Waals surface area contributed by atoms with Gasteiger partial charge in [0.05, 0.1) is 17.7 Å². The third kappa shape index (κ3) is 2.58. The molecule has 3 rings (SSSR count). The van der Waals surface area contributed by atoms with Crippen LogP contribution < -0.4 is 10.1 Å². The van der Waals surface area contributed by atoms with Crippen molar-refractivity contribution in [2.45, 2.75) is 30.7 Å². The lowest BCUT2D eigenvalue weighted by Gasteiger charge is -2.39. The zero-order valence-electron chi connectivity index (χ0n) is 11.7. The molecular weight excluding hydrogens is 310 g/mol. The van der Waals surface area contributed by atoms with Crippen LogP contribution in [0, 0.1) is 0 Å². The number of carbonyl (C=O) groups excluding carboxylic acids is 2. The lowest BCUT2D eigenvalue weighted by Crippen LogP contribution is -2.60. The number of aliphatic hydroxyl groups is 4. The highest BCUT2D eigenvalue weighted by Crippen LogP contribution is 2.30. The lowest BCUT2D eigenvalue weighted by atomic mass is 9.99. The van der Waals surface area contributed by atoms with Crippen molar-refractivity contribution in [3.63, 3.8) is 0 Å². The summed E-state index contributed by atoms with van der Waals surface area (Å²) in [6, 6.07) is 4.32. The summed E-state index contributed by atoms with van der Waals surface area (Å²) in [6.45, 7) is -0.601. The molecule has 5 N–H and O–H groups in total. The van der Waals surface area contributed by atoms with Gasteiger partial charge in [-0.2, -0.15) is 0 Å². The second-order valence-electron chi connectivity index (χ2n) is 5.28. The number of hydrogen-bond acceptors (Lipinski definition) is 8. The second kappa shape index (κ2) is 5.87. The number of carbonyl (C=O) groups is 2. The quantitative estimate of drug-likeness (QED) is 0.392. The Morgan fingerprint density at radius 1 is 1.09 bits per heavy atom. The predicted molar refractivity (Wildman–Crippen MR) is 72.6 cm³/mol. The first-order valence-corrected chi connectivity index (χ1v) is 6.90. The smallest absolute Gasteiger partial charge is 0.262 e. The molecule has 9 heteroatoms. The zero-order chi connectivity index (χ0) is 16.7. The highest BCUT2D eigenvalue weighted by Gasteiger charge is 2.45. The van der Waals surface area contributed by atoms with E-state index in [0.29, 0.717) is 0 Å². The zero-order valence-corrected chi connectivity index (χ0v) is 11.7. The Balaban J connectivity index is 1.88. The molecule has 23 heavy (non-hydrogen) atoms. The van der Waals surface area contributed by atoms with E-state index in [2.05, 4.69) is 5.32 Å². The molecule has 5 atom stereocenters. The van der Waals surface area contributed by atoms with Crippen LogP contribution in [0.25, 0.3) is 0 Å². The van der Waals surface area contributed by atoms with E-state index in [1.54, 1.807) is 0 Å². The Morgan fingerprint density at radius 2 is 1.83 bits per heavy atom. The largest absolute Gasteiger partial charge is 0.461 e. The molecule has 0 saturated carbocycles. The molecule has 1 saturated heterocycles. The van der Waals surface area contributed by atoms with Crippen LogP contribution in [-0.2, 0) is 4.74 Å². The van der Waals surface area contributed by atoms with Gasteiger partial charge in [0.15, 0.2) is 0 Å². The van der Waals surface area contributed by atoms with Gasteiger partial charge in [-0.15, -0.1) is 0 Å². The maximum atomic E-state index is 11.8. The number of nitrogens with one attached hydrogen (secondary N) is 1. The molecule has 1 aromatic carbocycles. The minimum atomic E-state index is -1.61. The Morgan fingerprint density at radius 3 is 2.52 bits per heavy atom. The number of aliphatic hydroxyl groups excluding tert-OH is 4. The van der Waals surface area contributed by atoms with Gasteiger partial charge in [-0.3, -0.25) is 14.9 Å². The van der Waals surface area contributed by atoms with Gasteiger partial charge in [0.25, 0.3) is 11.8 Å². The van der Waals surface area contributed by atoms with E-state index < -0.39 is 49.1 Å². The summed E-state index contributed by atoms with van der Waals surface area (Å²) in [7, 11) is 0. The van der Waals surface area contributed by atoms with Gasteiger partial charge < -0.3 is 29.9 Å². The fourth-order valence-electron chi connectivity index (χ4n) is 2.58. The summed E-state index contributed by atoms with van der Waals surface area (Å²) in [5, 5.41) is 40.6. The third-order valence-corrected chi connectivity index (χ3v) is 3.82. The molecule has 1 aromatic rings. The van der Waals surface area contributed by atoms with Crippen molar-refractivity contribution in [1.82, 2.24) is 5.32 Å². The molecule has 2 aliphatic heterocycles. The van der Waals surface area contributed by atoms with E-state index in [1.165, 1.54) is 18.2 Å². The average molecular weight is 325 g/mol. The number of benzene rings is 1. The van der Waals surface area contributed by atoms with Crippen LogP contribution in [0.3, 0.4) is 0 Å². The SMILES string of the molecule is O=C1NC(=O)c2c(O[C@H]3O[C@H](CO)[C@@H](O)[C@H](O)[C@H]3O)cccc21. The van der Waals surface area contributed by atoms with Crippen LogP contribution in [0.4, 0.5) is 0 Å². The molecule has 2 amide bonds. The standard InChI is InChI=1S/C14H15NO8/c16-4-7-9(17)10(18)11(19)14(23-7)22-6-3-1-2-5-8(6)13(21)15-12(5)20/h1-3,7,9-11,14,16-19H,4H2,(H,15,20,21)/t7-,9-,10+,11-,14+/m1/s1. The number of hydrogen-bond donors (Lipinski definition) is 5. The molecule has 2 aliphatic rings. The normalized spacial score (nSPS) is 33.3. The Bertz CT molecular complexity index is 646. The van der Waals surface area contributed by atoms with Crippen LogP contribution in [-0.4, -0.2) is 69.6 Å². The summed E-state index contributed by atoms with van der Waals surface area (Å²) >= 11 is 0. The molecule has 2 heterocycles. The van der Waals surface area contributed by atoms with Crippen molar-refractivity contribution in [2.24, 2.45) is 0 Å². The molecular formula is C14H15NO8. The van der Waals surface area contributed by atoms with Crippen LogP contribution in [0.1, 0.15) is 20.7 Å². The minimum Gasteiger partial charge on any atom is -0.461 e. The van der Waals surface area contributed by atoms with E-state index >= 15 is 0 Å². The Labute approximate surface area is 130 Å². The number of ether oxygens (including phenoxy) is 2. The maximum absolute atomic E-state index is 11.8. The van der Waals surface area contributed by atoms with Crippen LogP contribution in [0.2, 0.25) is 0 Å². The second-order valence-corrected chi connectivity index (χ2v) is 5.28. The molecule has 0 spiro atoms. The van der Waals surface area contributed by atoms with E-state index in [1.807, 2.05) is 0 Å². The average Bonchev–Trinajstić information content (AvgIpc) is 2.83. The van der Waals surface area contributed by atoms with Gasteiger partial charge in [-0.25, -0.2) is 0 Å². The number of fused-ring (bicyclic) bond motifs is 1. The third-order valence-electron chi connectivity index (χ3n) is 3.82. The number of imide groups is 1. The first-order chi connectivity index (χ1) is 10.9. The Kier molecular flexibility index (Phi) is 4.04. The number of amides is 2. The van der Waals surface area contributed by atoms with Gasteiger partial charge in [0, 0.05) is 0 Å². The van der Waals surface area contributed by atoms with Crippen molar-refractivity contribution < 1.29 is 39.5 Å². The molecule has 0 unspecified atom stereocenters. The minimum absolute atomic E-state index is 0.00513. The van der Waals surface area contributed by atoms with Crippen LogP contribution in [0.15, 0.2) is 18.2 Å². The first-order valence-electron chi connectivity index (χ1n) is 6.90. The molecule has 1 fully saturated rings. The van der Waals surface area contributed by atoms with Crippen molar-refractivity contribution in [3.05, 3.63) is 29.3 Å². The predicted octanol–water partition coefficient (Wildman–Crippen LogP) is -2.25. The molecule has 0 aromatic heterocycles. The van der Waals surface area contributed by atoms with Gasteiger partial charge >= 0.3 is 0 Å². The summed E-state index contributed by atoms with van der Waals surface area (Å²) < 4.78 is 10.6.